The van der Waals surface area contributed by atoms with E-state index in [1.807, 2.05) is 22.7 Å². The molecule has 0 unspecified atom stereocenters. The Kier molecular flexibility index (Phi) is 6.79. The van der Waals surface area contributed by atoms with Crippen molar-refractivity contribution in [3.8, 4) is 22.3 Å². The molecule has 0 radical (unpaired) electrons. The Morgan fingerprint density at radius 2 is 0.893 bits per heavy atom. The molecule has 0 spiro atoms. The quantitative estimate of drug-likeness (QED) is 0.173. The van der Waals surface area contributed by atoms with Gasteiger partial charge in [0, 0.05) is 52.3 Å². The van der Waals surface area contributed by atoms with E-state index in [2.05, 4.69) is 195 Å². The van der Waals surface area contributed by atoms with E-state index in [1.165, 1.54) is 107 Å². The van der Waals surface area contributed by atoms with Crippen LogP contribution >= 0.6 is 22.7 Å². The van der Waals surface area contributed by atoms with Crippen molar-refractivity contribution in [3.05, 3.63) is 187 Å². The zero-order valence-corrected chi connectivity index (χ0v) is 32.6. The fraction of sp³-hybridized carbons (Fsp3) is 0.0566. The summed E-state index contributed by atoms with van der Waals surface area (Å²) < 4.78 is 5.34. The third kappa shape index (κ3) is 4.47. The second-order valence-electron chi connectivity index (χ2n) is 15.6. The van der Waals surface area contributed by atoms with Gasteiger partial charge in [-0.1, -0.05) is 166 Å². The van der Waals surface area contributed by atoms with Gasteiger partial charge in [0.1, 0.15) is 0 Å². The first kappa shape index (κ1) is 32.0. The molecule has 0 fully saturated rings. The SMILES string of the molecule is CC1(C)c2ccccc2-c2c(N(c3ccc(-c4cccc5c4sc4c6ccccc6ccc54)cc3)c3cccc4c3sc3c5ccccc5ccc43)cccc21. The molecule has 0 amide bonds. The number of hydrogen-bond donors (Lipinski definition) is 0. The minimum Gasteiger partial charge on any atom is -0.308 e. The lowest BCUT2D eigenvalue weighted by atomic mass is 9.82. The molecule has 1 aliphatic rings. The summed E-state index contributed by atoms with van der Waals surface area (Å²) in [6.45, 7) is 4.74. The van der Waals surface area contributed by atoms with Crippen molar-refractivity contribution >= 4 is 102 Å². The zero-order valence-electron chi connectivity index (χ0n) is 31.0. The van der Waals surface area contributed by atoms with Gasteiger partial charge < -0.3 is 4.90 Å². The maximum absolute atomic E-state index is 2.53. The first-order valence-electron chi connectivity index (χ1n) is 19.3. The standard InChI is InChI=1S/C53H35NS2/c1-53(2)44-20-8-7-16-43(44)48-45(53)21-11-22-46(48)54(47-23-10-19-40-42-31-27-33-13-4-6-15-37(33)51(42)56-52(40)47)35-28-24-34(25-29-35)38-17-9-18-39-41-30-26-32-12-3-5-14-36(32)50(41)55-49(38)39/h3-31H,1-2H3. The van der Waals surface area contributed by atoms with E-state index in [4.69, 9.17) is 0 Å². The first-order valence-corrected chi connectivity index (χ1v) is 21.0. The molecule has 0 atom stereocenters. The largest absolute Gasteiger partial charge is 0.308 e. The van der Waals surface area contributed by atoms with Crippen molar-refractivity contribution in [2.75, 3.05) is 4.90 Å². The van der Waals surface area contributed by atoms with Crippen molar-refractivity contribution in [2.24, 2.45) is 0 Å². The fourth-order valence-electron chi connectivity index (χ4n) is 9.56. The van der Waals surface area contributed by atoms with Crippen LogP contribution in [0.2, 0.25) is 0 Å². The Morgan fingerprint density at radius 1 is 0.375 bits per heavy atom. The third-order valence-corrected chi connectivity index (χ3v) is 14.8. The van der Waals surface area contributed by atoms with Gasteiger partial charge in [-0.25, -0.2) is 0 Å². The molecular formula is C53H35NS2. The van der Waals surface area contributed by atoms with E-state index in [-0.39, 0.29) is 5.41 Å². The van der Waals surface area contributed by atoms with Crippen LogP contribution in [-0.4, -0.2) is 0 Å². The second kappa shape index (κ2) is 11.9. The molecule has 0 bridgehead atoms. The van der Waals surface area contributed by atoms with Crippen molar-refractivity contribution in [3.63, 3.8) is 0 Å². The van der Waals surface area contributed by atoms with E-state index in [0.717, 1.165) is 5.69 Å². The number of hydrogen-bond acceptors (Lipinski definition) is 3. The lowest BCUT2D eigenvalue weighted by Crippen LogP contribution is -2.16. The smallest absolute Gasteiger partial charge is 0.0640 e. The second-order valence-corrected chi connectivity index (χ2v) is 17.7. The lowest BCUT2D eigenvalue weighted by Gasteiger charge is -2.29. The number of anilines is 3. The van der Waals surface area contributed by atoms with Crippen LogP contribution in [0.15, 0.2) is 176 Å². The fourth-order valence-corrected chi connectivity index (χ4v) is 12.3. The van der Waals surface area contributed by atoms with E-state index < -0.39 is 0 Å². The minimum absolute atomic E-state index is 0.103. The number of benzene rings is 9. The molecule has 0 N–H and O–H groups in total. The third-order valence-electron chi connectivity index (χ3n) is 12.3. The van der Waals surface area contributed by atoms with Gasteiger partial charge in [0.2, 0.25) is 0 Å². The zero-order chi connectivity index (χ0) is 37.1. The predicted octanol–water partition coefficient (Wildman–Crippen LogP) is 16.2. The van der Waals surface area contributed by atoms with Gasteiger partial charge in [0.05, 0.1) is 16.1 Å². The number of fused-ring (bicyclic) bond motifs is 13. The Labute approximate surface area is 333 Å². The highest BCUT2D eigenvalue weighted by molar-refractivity contribution is 7.27. The Morgan fingerprint density at radius 3 is 1.62 bits per heavy atom. The molecule has 3 heteroatoms. The van der Waals surface area contributed by atoms with Crippen molar-refractivity contribution in [1.82, 2.24) is 0 Å². The Bertz CT molecular complexity index is 3400. The average Bonchev–Trinajstić information content (AvgIpc) is 3.90. The summed E-state index contributed by atoms with van der Waals surface area (Å²) in [6.07, 6.45) is 0. The summed E-state index contributed by atoms with van der Waals surface area (Å²) in [5, 5.41) is 10.5. The first-order chi connectivity index (χ1) is 27.5. The molecule has 1 aliphatic carbocycles. The van der Waals surface area contributed by atoms with E-state index in [9.17, 15) is 0 Å². The normalized spacial score (nSPS) is 13.3. The van der Waals surface area contributed by atoms with Gasteiger partial charge in [0.25, 0.3) is 0 Å². The number of rotatable bonds is 4. The molecule has 0 aliphatic heterocycles. The molecule has 0 saturated carbocycles. The summed E-state index contributed by atoms with van der Waals surface area (Å²) >= 11 is 3.84. The maximum Gasteiger partial charge on any atom is 0.0640 e. The van der Waals surface area contributed by atoms with Gasteiger partial charge in [-0.2, -0.15) is 0 Å². The van der Waals surface area contributed by atoms with Crippen LogP contribution in [0.25, 0.3) is 84.1 Å². The highest BCUT2D eigenvalue weighted by Gasteiger charge is 2.38. The molecule has 0 saturated heterocycles. The average molecular weight is 750 g/mol. The molecule has 2 heterocycles. The molecule has 1 nitrogen and oxygen atoms in total. The van der Waals surface area contributed by atoms with E-state index in [1.54, 1.807) is 0 Å². The minimum atomic E-state index is -0.103. The lowest BCUT2D eigenvalue weighted by molar-refractivity contribution is 0.660. The summed E-state index contributed by atoms with van der Waals surface area (Å²) in [7, 11) is 0. The topological polar surface area (TPSA) is 3.24 Å². The molecule has 9 aromatic carbocycles. The van der Waals surface area contributed by atoms with Gasteiger partial charge in [-0.3, -0.25) is 0 Å². The number of nitrogens with zero attached hydrogens (tertiary/aromatic N) is 1. The molecular weight excluding hydrogens is 715 g/mol. The monoisotopic (exact) mass is 749 g/mol. The van der Waals surface area contributed by atoms with Crippen LogP contribution in [0.4, 0.5) is 17.1 Å². The van der Waals surface area contributed by atoms with Crippen LogP contribution in [0.5, 0.6) is 0 Å². The highest BCUT2D eigenvalue weighted by atomic mass is 32.1. The molecule has 2 aromatic heterocycles. The molecule has 12 rings (SSSR count). The van der Waals surface area contributed by atoms with Crippen LogP contribution < -0.4 is 4.90 Å². The van der Waals surface area contributed by atoms with Gasteiger partial charge in [-0.15, -0.1) is 22.7 Å². The van der Waals surface area contributed by atoms with Gasteiger partial charge in [-0.05, 0) is 73.6 Å². The van der Waals surface area contributed by atoms with Crippen molar-refractivity contribution in [2.45, 2.75) is 19.3 Å². The van der Waals surface area contributed by atoms with Crippen LogP contribution in [0.1, 0.15) is 25.0 Å². The number of thiophene rings is 2. The summed E-state index contributed by atoms with van der Waals surface area (Å²) in [5.74, 6) is 0. The van der Waals surface area contributed by atoms with E-state index >= 15 is 0 Å². The molecule has 11 aromatic rings. The molecule has 264 valence electrons. The molecule has 56 heavy (non-hydrogen) atoms. The maximum atomic E-state index is 2.53. The Balaban J connectivity index is 1.09. The predicted molar refractivity (Wildman–Crippen MR) is 245 cm³/mol. The summed E-state index contributed by atoms with van der Waals surface area (Å²) in [6, 6.07) is 65.6. The van der Waals surface area contributed by atoms with E-state index in [0.29, 0.717) is 0 Å². The van der Waals surface area contributed by atoms with Crippen LogP contribution in [-0.2, 0) is 5.41 Å². The van der Waals surface area contributed by atoms with Crippen LogP contribution in [0.3, 0.4) is 0 Å². The van der Waals surface area contributed by atoms with Crippen molar-refractivity contribution < 1.29 is 0 Å². The van der Waals surface area contributed by atoms with Gasteiger partial charge in [0.15, 0.2) is 0 Å². The summed E-state index contributed by atoms with van der Waals surface area (Å²) in [4.78, 5) is 2.53. The Hall–Kier alpha value is -6.26. The summed E-state index contributed by atoms with van der Waals surface area (Å²) in [5.41, 5.74) is 11.4. The highest BCUT2D eigenvalue weighted by Crippen LogP contribution is 2.55. The van der Waals surface area contributed by atoms with Crippen LogP contribution in [0, 0.1) is 0 Å². The van der Waals surface area contributed by atoms with Crippen molar-refractivity contribution in [1.29, 1.82) is 0 Å². The van der Waals surface area contributed by atoms with Gasteiger partial charge >= 0.3 is 0 Å².